The van der Waals surface area contributed by atoms with Crippen LogP contribution in [0, 0.1) is 0 Å². The molecule has 0 bridgehead atoms. The Hall–Kier alpha value is -5.67. The number of benzene rings is 2. The number of ketones is 1. The molecule has 4 heterocycles. The minimum atomic E-state index is -4.55. The van der Waals surface area contributed by atoms with Crippen LogP contribution in [0.5, 0.6) is 0 Å². The monoisotopic (exact) mass is 1050 g/mol. The average molecular weight is 1050 g/mol. The van der Waals surface area contributed by atoms with Crippen molar-refractivity contribution in [3.05, 3.63) is 118 Å². The van der Waals surface area contributed by atoms with Crippen molar-refractivity contribution in [1.29, 1.82) is 0 Å². The van der Waals surface area contributed by atoms with E-state index in [9.17, 15) is 43.9 Å². The summed E-state index contributed by atoms with van der Waals surface area (Å²) >= 11 is 0.704. The largest absolute Gasteiger partial charge is 0.425 e. The van der Waals surface area contributed by atoms with E-state index in [-0.39, 0.29) is 59.0 Å². The van der Waals surface area contributed by atoms with Gasteiger partial charge in [-0.2, -0.15) is 21.4 Å². The molecule has 0 radical (unpaired) electrons. The number of hydrogen-bond acceptors (Lipinski definition) is 16. The molecule has 25 heteroatoms. The summed E-state index contributed by atoms with van der Waals surface area (Å²) in [5, 5.41) is 15.2. The van der Waals surface area contributed by atoms with E-state index in [1.807, 2.05) is 49.1 Å². The molecule has 370 valence electrons. The standard InChI is InChI=1S/C44H51N7O10S4.O3S/c1-6-7-23-50-36-12-9-8-11-33(36)43(2,3)38(50)19-14-29(35-17-13-30(28-47-35)41(53)46-22-21-31(52)26-40-48-49-42(62-40)64(45,57)58)15-20-39-44(4,5)34-27-32(65(59,60)61)16-18-37(34)51(39)24-10-25-63(54,55)56;1-4(2)3/h8-9,11-20,27-28H,6-7,10,21-26H2,1-5H3,(H4-,45,46,53,54,55,56,57,58,59,60,61);/p+1. The molecule has 0 fully saturated rings. The lowest BCUT2D eigenvalue weighted by molar-refractivity contribution is -0.438. The van der Waals surface area contributed by atoms with Crippen LogP contribution >= 0.6 is 11.3 Å². The Kier molecular flexibility index (Phi) is 17.3. The number of nitrogens with one attached hydrogen (secondary N) is 1. The highest BCUT2D eigenvalue weighted by Gasteiger charge is 2.44. The summed E-state index contributed by atoms with van der Waals surface area (Å²) in [5.74, 6) is -1.27. The predicted molar refractivity (Wildman–Crippen MR) is 258 cm³/mol. The van der Waals surface area contributed by atoms with Gasteiger partial charge in [-0.1, -0.05) is 62.8 Å². The number of amides is 1. The molecule has 20 nitrogen and oxygen atoms in total. The Morgan fingerprint density at radius 2 is 1.62 bits per heavy atom. The molecule has 0 atom stereocenters. The van der Waals surface area contributed by atoms with Crippen molar-refractivity contribution in [2.45, 2.75) is 86.8 Å². The second kappa shape index (κ2) is 22.0. The van der Waals surface area contributed by atoms with Gasteiger partial charge in [-0.15, -0.1) is 22.8 Å². The zero-order chi connectivity index (χ0) is 51.1. The first-order chi connectivity index (χ1) is 32.1. The van der Waals surface area contributed by atoms with Crippen LogP contribution in [0.4, 0.5) is 11.4 Å². The number of hydrogen-bond donors (Lipinski definition) is 4. The number of carbonyl (C=O) groups excluding carboxylic acids is 2. The fourth-order valence-corrected chi connectivity index (χ4v) is 10.5. The fourth-order valence-electron chi connectivity index (χ4n) is 8.02. The smallest absolute Gasteiger partial charge is 0.352 e. The molecule has 0 spiro atoms. The van der Waals surface area contributed by atoms with Crippen LogP contribution in [0.3, 0.4) is 0 Å². The van der Waals surface area contributed by atoms with Gasteiger partial charge >= 0.3 is 10.6 Å². The number of pyridine rings is 1. The van der Waals surface area contributed by atoms with Gasteiger partial charge in [0.05, 0.1) is 33.7 Å². The highest BCUT2D eigenvalue weighted by Crippen LogP contribution is 2.49. The van der Waals surface area contributed by atoms with Gasteiger partial charge < -0.3 is 10.2 Å². The van der Waals surface area contributed by atoms with E-state index >= 15 is 0 Å². The minimum Gasteiger partial charge on any atom is -0.352 e. The number of nitrogens with zero attached hydrogens (tertiary/aromatic N) is 5. The number of Topliss-reactive ketones (excluding diaryl/α,β-unsaturated/α-hetero) is 1. The van der Waals surface area contributed by atoms with Crippen LogP contribution in [0.1, 0.15) is 92.5 Å². The van der Waals surface area contributed by atoms with E-state index < -0.39 is 62.3 Å². The zero-order valence-electron chi connectivity index (χ0n) is 38.2. The SMILES string of the molecule is CCCC[N+]1=C(/C=C/C(=C/C=C2/N(CCCS(=O)(=O)O)c3ccc(S(=O)(=O)O)cc3C2(C)C)c2ccc(C(=O)NCCC(=O)Cc3nnc(S(N)(=O)=O)s3)cn2)C(C)(C)c2ccccc21.O=S(=O)=O. The van der Waals surface area contributed by atoms with Gasteiger partial charge in [0.25, 0.3) is 36.2 Å². The normalized spacial score (nSPS) is 16.0. The molecule has 69 heavy (non-hydrogen) atoms. The van der Waals surface area contributed by atoms with E-state index in [1.54, 1.807) is 18.2 Å². The molecule has 0 aliphatic carbocycles. The summed E-state index contributed by atoms with van der Waals surface area (Å²) in [6.07, 6.45) is 10.9. The van der Waals surface area contributed by atoms with Crippen LogP contribution in [-0.2, 0) is 62.9 Å². The van der Waals surface area contributed by atoms with Crippen LogP contribution < -0.4 is 15.4 Å². The Morgan fingerprint density at radius 3 is 2.23 bits per heavy atom. The summed E-state index contributed by atoms with van der Waals surface area (Å²) in [4.78, 5) is 32.0. The molecule has 2 aliphatic rings. The summed E-state index contributed by atoms with van der Waals surface area (Å²) in [6.45, 7) is 11.2. The Bertz CT molecular complexity index is 3210. The van der Waals surface area contributed by atoms with Gasteiger partial charge in [-0.05, 0) is 68.3 Å². The first-order valence-electron chi connectivity index (χ1n) is 21.2. The number of sulfonamides is 1. The summed E-state index contributed by atoms with van der Waals surface area (Å²) in [5.41, 5.74) is 5.36. The number of primary sulfonamides is 1. The highest BCUT2D eigenvalue weighted by molar-refractivity contribution is 7.91. The van der Waals surface area contributed by atoms with E-state index in [2.05, 4.69) is 59.1 Å². The van der Waals surface area contributed by atoms with E-state index in [4.69, 9.17) is 22.7 Å². The lowest BCUT2D eigenvalue weighted by atomic mass is 9.81. The first kappa shape index (κ1) is 54.3. The molecule has 5 N–H and O–H groups in total. The van der Waals surface area contributed by atoms with Gasteiger partial charge in [0, 0.05) is 72.2 Å². The Morgan fingerprint density at radius 1 is 0.928 bits per heavy atom. The number of rotatable bonds is 19. The number of nitrogens with two attached hydrogens (primary N) is 1. The fraction of sp³-hybridized carbons (Fsp3) is 0.364. The van der Waals surface area contributed by atoms with Crippen molar-refractivity contribution in [1.82, 2.24) is 20.5 Å². The van der Waals surface area contributed by atoms with Gasteiger partial charge in [-0.3, -0.25) is 23.7 Å². The summed E-state index contributed by atoms with van der Waals surface area (Å²) in [6, 6.07) is 15.8. The third kappa shape index (κ3) is 13.8. The molecule has 2 aromatic carbocycles. The number of aromatic nitrogens is 3. The van der Waals surface area contributed by atoms with Crippen LogP contribution in [-0.4, -0.2) is 110 Å². The van der Waals surface area contributed by atoms with Crippen molar-refractivity contribution in [2.75, 3.05) is 30.3 Å². The van der Waals surface area contributed by atoms with E-state index in [0.717, 1.165) is 30.8 Å². The molecule has 0 unspecified atom stereocenters. The number of unbranched alkanes of at least 4 members (excludes halogenated alkanes) is 1. The van der Waals surface area contributed by atoms with Crippen molar-refractivity contribution in [3.8, 4) is 0 Å². The average Bonchev–Trinajstić information content (AvgIpc) is 3.88. The van der Waals surface area contributed by atoms with Gasteiger partial charge in [0.1, 0.15) is 17.3 Å². The van der Waals surface area contributed by atoms with E-state index in [0.29, 0.717) is 39.6 Å². The molecular weight excluding hydrogens is 995 g/mol. The lowest BCUT2D eigenvalue weighted by Crippen LogP contribution is -2.28. The maximum atomic E-state index is 13.2. The summed E-state index contributed by atoms with van der Waals surface area (Å²) < 4.78 is 118. The molecule has 0 saturated carbocycles. The maximum absolute atomic E-state index is 13.2. The number of fused-ring (bicyclic) bond motifs is 2. The minimum absolute atomic E-state index is 0.00230. The molecular formula is C44H52N7O13S5+. The zero-order valence-corrected chi connectivity index (χ0v) is 42.3. The number of anilines is 1. The van der Waals surface area contributed by atoms with Crippen molar-refractivity contribution < 1.29 is 61.2 Å². The van der Waals surface area contributed by atoms with Crippen LogP contribution in [0.15, 0.2) is 100 Å². The molecule has 1 amide bonds. The van der Waals surface area contributed by atoms with Crippen molar-refractivity contribution in [2.24, 2.45) is 5.14 Å². The third-order valence-electron chi connectivity index (χ3n) is 11.4. The molecule has 2 aliphatic heterocycles. The predicted octanol–water partition coefficient (Wildman–Crippen LogP) is 4.53. The number of allylic oxidation sites excluding steroid dienone is 6. The quantitative estimate of drug-likeness (QED) is 0.0569. The second-order valence-electron chi connectivity index (χ2n) is 17.0. The number of para-hydroxylation sites is 1. The summed E-state index contributed by atoms with van der Waals surface area (Å²) in [7, 11) is -16.0. The molecule has 0 saturated heterocycles. The van der Waals surface area contributed by atoms with E-state index in [1.165, 1.54) is 23.9 Å². The van der Waals surface area contributed by atoms with Gasteiger partial charge in [0.15, 0.2) is 5.71 Å². The number of carbonyl (C=O) groups is 2. The molecule has 4 aromatic rings. The van der Waals surface area contributed by atoms with Crippen LogP contribution in [0.25, 0.3) is 5.57 Å². The van der Waals surface area contributed by atoms with Crippen molar-refractivity contribution >= 4 is 86.6 Å². The van der Waals surface area contributed by atoms with Crippen LogP contribution in [0.2, 0.25) is 0 Å². The first-order valence-corrected chi connectivity index (χ1v) is 27.6. The topological polar surface area (TPSA) is 311 Å². The Balaban J connectivity index is 0.00000213. The third-order valence-corrected chi connectivity index (χ3v) is 15.3. The highest BCUT2D eigenvalue weighted by atomic mass is 32.2. The Labute approximate surface area is 406 Å². The van der Waals surface area contributed by atoms with Gasteiger partial charge in [0.2, 0.25) is 10.0 Å². The lowest BCUT2D eigenvalue weighted by Gasteiger charge is -2.27. The molecule has 6 rings (SSSR count). The van der Waals surface area contributed by atoms with Crippen molar-refractivity contribution in [3.63, 3.8) is 0 Å². The second-order valence-corrected chi connectivity index (χ2v) is 23.2. The molecule has 2 aromatic heterocycles. The van der Waals surface area contributed by atoms with Gasteiger partial charge in [-0.25, -0.2) is 13.6 Å². The maximum Gasteiger partial charge on any atom is 0.425 e.